The van der Waals surface area contributed by atoms with Crippen molar-refractivity contribution in [2.24, 2.45) is 5.92 Å². The molecule has 1 N–H and O–H groups in total. The number of rotatable bonds is 5. The van der Waals surface area contributed by atoms with Gasteiger partial charge in [0.1, 0.15) is 5.82 Å². The number of nitrogens with one attached hydrogen (secondary N) is 1. The number of benzene rings is 1. The van der Waals surface area contributed by atoms with E-state index in [2.05, 4.69) is 24.4 Å². The molecule has 1 aliphatic carbocycles. The smallest absolute Gasteiger partial charge is 0.129 e. The first-order valence-electron chi connectivity index (χ1n) is 8.63. The highest BCUT2D eigenvalue weighted by atomic mass is 19.1. The number of hydrogen-bond donors (Lipinski definition) is 1. The van der Waals surface area contributed by atoms with Crippen molar-refractivity contribution < 1.29 is 4.39 Å². The van der Waals surface area contributed by atoms with Gasteiger partial charge in [-0.25, -0.2) is 4.39 Å². The van der Waals surface area contributed by atoms with Gasteiger partial charge in [-0.1, -0.05) is 44.7 Å². The van der Waals surface area contributed by atoms with Crippen LogP contribution >= 0.6 is 0 Å². The summed E-state index contributed by atoms with van der Waals surface area (Å²) < 4.78 is 13.9. The zero-order chi connectivity index (χ0) is 15.2. The molecule has 2 heteroatoms. The lowest BCUT2D eigenvalue weighted by molar-refractivity contribution is 0.325. The van der Waals surface area contributed by atoms with Gasteiger partial charge < -0.3 is 5.32 Å². The van der Waals surface area contributed by atoms with E-state index in [1.807, 2.05) is 13.8 Å². The zero-order valence-electron chi connectivity index (χ0n) is 13.8. The molecular weight excluding hydrogens is 261 g/mol. The summed E-state index contributed by atoms with van der Waals surface area (Å²) in [4.78, 5) is 0. The van der Waals surface area contributed by atoms with Crippen LogP contribution in [0.15, 0.2) is 12.1 Å². The van der Waals surface area contributed by atoms with E-state index in [-0.39, 0.29) is 5.82 Å². The maximum atomic E-state index is 13.9. The third-order valence-electron chi connectivity index (χ3n) is 4.80. The van der Waals surface area contributed by atoms with E-state index in [1.54, 1.807) is 0 Å². The molecule has 1 aromatic rings. The predicted octanol–water partition coefficient (Wildman–Crippen LogP) is 5.45. The molecule has 0 radical (unpaired) electrons. The van der Waals surface area contributed by atoms with Crippen LogP contribution in [0.1, 0.15) is 74.6 Å². The van der Waals surface area contributed by atoms with Crippen molar-refractivity contribution in [1.82, 2.24) is 5.32 Å². The molecule has 0 bridgehead atoms. The van der Waals surface area contributed by atoms with Crippen molar-refractivity contribution in [2.75, 3.05) is 6.54 Å². The molecule has 1 saturated carbocycles. The molecule has 1 atom stereocenters. The second-order valence-electron chi connectivity index (χ2n) is 6.65. The fraction of sp³-hybridized carbons (Fsp3) is 0.684. The minimum atomic E-state index is -0.0474. The number of hydrogen-bond acceptors (Lipinski definition) is 1. The molecular formula is C19H30FN. The van der Waals surface area contributed by atoms with Crippen LogP contribution in [0.2, 0.25) is 0 Å². The first-order chi connectivity index (χ1) is 10.1. The maximum absolute atomic E-state index is 13.9. The van der Waals surface area contributed by atoms with Gasteiger partial charge in [0.15, 0.2) is 0 Å². The standard InChI is InChI=1S/C19H30FN/c1-4-11-21-19(16-9-7-5-6-8-10-16)17-12-14(2)18(20)15(3)13-17/h12-13,16,19,21H,4-11H2,1-3H3. The lowest BCUT2D eigenvalue weighted by atomic mass is 9.86. The molecule has 2 rings (SSSR count). The summed E-state index contributed by atoms with van der Waals surface area (Å²) in [5.41, 5.74) is 2.84. The number of halogens is 1. The molecule has 0 aromatic heterocycles. The Morgan fingerprint density at radius 2 is 1.67 bits per heavy atom. The van der Waals surface area contributed by atoms with Crippen LogP contribution in [-0.2, 0) is 0 Å². The van der Waals surface area contributed by atoms with Crippen molar-refractivity contribution in [3.63, 3.8) is 0 Å². The quantitative estimate of drug-likeness (QED) is 0.711. The lowest BCUT2D eigenvalue weighted by Crippen LogP contribution is -2.29. The Labute approximate surface area is 129 Å². The van der Waals surface area contributed by atoms with Crippen LogP contribution in [0.5, 0.6) is 0 Å². The van der Waals surface area contributed by atoms with Crippen LogP contribution in [-0.4, -0.2) is 6.54 Å². The van der Waals surface area contributed by atoms with Gasteiger partial charge in [0.05, 0.1) is 0 Å². The second kappa shape index (κ2) is 7.93. The molecule has 0 saturated heterocycles. The molecule has 118 valence electrons. The molecule has 0 heterocycles. The topological polar surface area (TPSA) is 12.0 Å². The Balaban J connectivity index is 2.25. The molecule has 0 amide bonds. The largest absolute Gasteiger partial charge is 0.310 e. The predicted molar refractivity (Wildman–Crippen MR) is 88.1 cm³/mol. The SMILES string of the molecule is CCCNC(c1cc(C)c(F)c(C)c1)C1CCCCCC1. The monoisotopic (exact) mass is 291 g/mol. The van der Waals surface area contributed by atoms with Crippen molar-refractivity contribution >= 4 is 0 Å². The van der Waals surface area contributed by atoms with Gasteiger partial charge in [-0.2, -0.15) is 0 Å². The Morgan fingerprint density at radius 1 is 1.10 bits per heavy atom. The summed E-state index contributed by atoms with van der Waals surface area (Å²) in [6.07, 6.45) is 9.18. The lowest BCUT2D eigenvalue weighted by Gasteiger charge is -2.28. The van der Waals surface area contributed by atoms with E-state index in [4.69, 9.17) is 0 Å². The van der Waals surface area contributed by atoms with Crippen molar-refractivity contribution in [1.29, 1.82) is 0 Å². The third-order valence-corrected chi connectivity index (χ3v) is 4.80. The summed E-state index contributed by atoms with van der Waals surface area (Å²) in [6.45, 7) is 7.01. The first kappa shape index (κ1) is 16.5. The molecule has 1 nitrogen and oxygen atoms in total. The summed E-state index contributed by atoms with van der Waals surface area (Å²) in [6, 6.07) is 4.50. The van der Waals surface area contributed by atoms with Gasteiger partial charge in [-0.05, 0) is 62.3 Å². The van der Waals surface area contributed by atoms with Crippen LogP contribution in [0.3, 0.4) is 0 Å². The highest BCUT2D eigenvalue weighted by Gasteiger charge is 2.24. The molecule has 1 unspecified atom stereocenters. The van der Waals surface area contributed by atoms with Gasteiger partial charge in [-0.15, -0.1) is 0 Å². The van der Waals surface area contributed by atoms with E-state index in [1.165, 1.54) is 44.1 Å². The minimum Gasteiger partial charge on any atom is -0.310 e. The Hall–Kier alpha value is -0.890. The minimum absolute atomic E-state index is 0.0474. The van der Waals surface area contributed by atoms with Crippen LogP contribution < -0.4 is 5.32 Å². The highest BCUT2D eigenvalue weighted by molar-refractivity contribution is 5.32. The van der Waals surface area contributed by atoms with E-state index >= 15 is 0 Å². The Morgan fingerprint density at radius 3 is 2.19 bits per heavy atom. The van der Waals surface area contributed by atoms with Crippen molar-refractivity contribution in [2.45, 2.75) is 71.8 Å². The summed E-state index contributed by atoms with van der Waals surface area (Å²) in [5.74, 6) is 0.650. The van der Waals surface area contributed by atoms with Crippen molar-refractivity contribution in [3.8, 4) is 0 Å². The van der Waals surface area contributed by atoms with Gasteiger partial charge in [0.25, 0.3) is 0 Å². The summed E-state index contributed by atoms with van der Waals surface area (Å²) >= 11 is 0. The van der Waals surface area contributed by atoms with Gasteiger partial charge >= 0.3 is 0 Å². The Bertz CT molecular complexity index is 424. The average molecular weight is 291 g/mol. The molecule has 1 aliphatic rings. The molecule has 21 heavy (non-hydrogen) atoms. The van der Waals surface area contributed by atoms with Crippen molar-refractivity contribution in [3.05, 3.63) is 34.6 Å². The molecule has 0 aliphatic heterocycles. The van der Waals surface area contributed by atoms with E-state index in [0.717, 1.165) is 24.1 Å². The maximum Gasteiger partial charge on any atom is 0.129 e. The van der Waals surface area contributed by atoms with Crippen LogP contribution in [0.25, 0.3) is 0 Å². The van der Waals surface area contributed by atoms with E-state index in [9.17, 15) is 4.39 Å². The highest BCUT2D eigenvalue weighted by Crippen LogP contribution is 2.34. The molecule has 0 spiro atoms. The fourth-order valence-electron chi connectivity index (χ4n) is 3.66. The van der Waals surface area contributed by atoms with E-state index < -0.39 is 0 Å². The zero-order valence-corrected chi connectivity index (χ0v) is 13.8. The Kier molecular flexibility index (Phi) is 6.22. The third kappa shape index (κ3) is 4.29. The normalized spacial score (nSPS) is 18.5. The summed E-state index contributed by atoms with van der Waals surface area (Å²) in [5, 5.41) is 3.73. The van der Waals surface area contributed by atoms with Gasteiger partial charge in [0.2, 0.25) is 0 Å². The molecule has 1 fully saturated rings. The fourth-order valence-corrected chi connectivity index (χ4v) is 3.66. The van der Waals surface area contributed by atoms with Crippen LogP contribution in [0, 0.1) is 25.6 Å². The first-order valence-corrected chi connectivity index (χ1v) is 8.63. The van der Waals surface area contributed by atoms with E-state index in [0.29, 0.717) is 12.0 Å². The van der Waals surface area contributed by atoms with Gasteiger partial charge in [0, 0.05) is 6.04 Å². The van der Waals surface area contributed by atoms with Gasteiger partial charge in [-0.3, -0.25) is 0 Å². The number of aryl methyl sites for hydroxylation is 2. The molecule has 1 aromatic carbocycles. The second-order valence-corrected chi connectivity index (χ2v) is 6.65. The summed E-state index contributed by atoms with van der Waals surface area (Å²) in [7, 11) is 0. The average Bonchev–Trinajstić information content (AvgIpc) is 2.74. The van der Waals surface area contributed by atoms with Crippen LogP contribution in [0.4, 0.5) is 4.39 Å².